The summed E-state index contributed by atoms with van der Waals surface area (Å²) in [7, 11) is 0. The van der Waals surface area contributed by atoms with E-state index < -0.39 is 206 Å². The van der Waals surface area contributed by atoms with E-state index in [2.05, 4.69) is 81.4 Å². The van der Waals surface area contributed by atoms with Gasteiger partial charge in [0, 0.05) is 25.1 Å². The monoisotopic (exact) mass is 1460 g/mol. The van der Waals surface area contributed by atoms with Gasteiger partial charge in [-0.1, -0.05) is 32.4 Å². The van der Waals surface area contributed by atoms with E-state index in [0.717, 1.165) is 6.92 Å². The molecule has 40 heteroatoms. The van der Waals surface area contributed by atoms with Gasteiger partial charge in [-0.2, -0.15) is 24.4 Å². The van der Waals surface area contributed by atoms with Crippen LogP contribution in [0.2, 0.25) is 0 Å². The number of rotatable bonds is 51. The third kappa shape index (κ3) is 36.1. The lowest BCUT2D eigenvalue weighted by Gasteiger charge is -2.28. The quantitative estimate of drug-likeness (QED) is 0.0125. The van der Waals surface area contributed by atoms with E-state index >= 15 is 0 Å². The van der Waals surface area contributed by atoms with Crippen molar-refractivity contribution in [2.75, 3.05) is 57.0 Å². The van der Waals surface area contributed by atoms with Crippen molar-refractivity contribution in [1.29, 1.82) is 0 Å². The van der Waals surface area contributed by atoms with Crippen molar-refractivity contribution in [2.45, 2.75) is 177 Å². The van der Waals surface area contributed by atoms with Crippen LogP contribution in [-0.2, 0) is 78.3 Å². The second kappa shape index (κ2) is 48.6. The molecule has 0 saturated carbocycles. The maximum atomic E-state index is 14.1. The predicted octanol–water partition coefficient (Wildman–Crippen LogP) is -7.18. The van der Waals surface area contributed by atoms with Crippen molar-refractivity contribution in [1.82, 2.24) is 63.8 Å². The Balaban J connectivity index is 3.33. The molecule has 27 N–H and O–H groups in total. The van der Waals surface area contributed by atoms with Gasteiger partial charge in [0.05, 0.1) is 38.2 Å². The fraction of sp³-hybridized carbons (Fsp3) is 0.633. The summed E-state index contributed by atoms with van der Waals surface area (Å²) in [6, 6.07) is -9.67. The van der Waals surface area contributed by atoms with E-state index in [-0.39, 0.29) is 76.3 Å². The van der Waals surface area contributed by atoms with Crippen molar-refractivity contribution >= 4 is 119 Å². The molecular weight excluding hydrogens is 1360 g/mol. The van der Waals surface area contributed by atoms with Gasteiger partial charge in [-0.25, -0.2) is 4.79 Å². The molecule has 1 aromatic carbocycles. The summed E-state index contributed by atoms with van der Waals surface area (Å²) in [6.45, 7) is 2.31. The number of carboxylic acids is 3. The molecule has 1 rings (SSSR count). The summed E-state index contributed by atoms with van der Waals surface area (Å²) < 4.78 is 0. The number of aliphatic imine (C=N–C) groups is 1. The minimum Gasteiger partial charge on any atom is -0.508 e. The molecule has 12 amide bonds. The van der Waals surface area contributed by atoms with Gasteiger partial charge < -0.3 is 118 Å². The number of unbranched alkanes of at least 4 members (excludes halogenated alkanes) is 2. The van der Waals surface area contributed by atoms with Gasteiger partial charge in [0.1, 0.15) is 60.1 Å². The Bertz CT molecular complexity index is 2930. The summed E-state index contributed by atoms with van der Waals surface area (Å²) in [4.78, 5) is 202. The zero-order chi connectivity index (χ0) is 75.6. The fourth-order valence-corrected chi connectivity index (χ4v) is 9.89. The largest absolute Gasteiger partial charge is 0.508 e. The Labute approximate surface area is 587 Å². The molecule has 0 radical (unpaired) electrons. The van der Waals surface area contributed by atoms with Gasteiger partial charge >= 0.3 is 17.9 Å². The Kier molecular flexibility index (Phi) is 43.2. The summed E-state index contributed by atoms with van der Waals surface area (Å²) in [5.41, 5.74) is 28.4. The third-order valence-corrected chi connectivity index (χ3v) is 16.0. The molecule has 0 bridgehead atoms. The van der Waals surface area contributed by atoms with Crippen LogP contribution in [0.4, 0.5) is 0 Å². The Morgan fingerprint density at radius 3 is 1.47 bits per heavy atom. The minimum atomic E-state index is -1.82. The predicted molar refractivity (Wildman–Crippen MR) is 367 cm³/mol. The normalized spacial score (nSPS) is 14.5. The van der Waals surface area contributed by atoms with Crippen LogP contribution in [0.5, 0.6) is 5.75 Å². The van der Waals surface area contributed by atoms with Gasteiger partial charge in [0.15, 0.2) is 5.96 Å². The third-order valence-electron chi connectivity index (χ3n) is 15.0. The van der Waals surface area contributed by atoms with Crippen LogP contribution in [0.3, 0.4) is 0 Å². The smallest absolute Gasteiger partial charge is 0.326 e. The zero-order valence-electron chi connectivity index (χ0n) is 56.3. The zero-order valence-corrected chi connectivity index (χ0v) is 58.1. The molecular formula is C60H100N18O20S2. The number of carbonyl (C=O) groups is 15. The number of carbonyl (C=O) groups excluding carboxylic acids is 12. The van der Waals surface area contributed by atoms with Crippen LogP contribution < -0.4 is 92.5 Å². The minimum absolute atomic E-state index is 0.0442. The molecule has 0 aliphatic heterocycles. The molecule has 0 fully saturated rings. The highest BCUT2D eigenvalue weighted by atomic mass is 32.2. The number of nitrogens with one attached hydrogen (secondary N) is 12. The van der Waals surface area contributed by atoms with E-state index in [1.807, 2.05) is 6.26 Å². The van der Waals surface area contributed by atoms with E-state index in [1.165, 1.54) is 36.0 Å². The van der Waals surface area contributed by atoms with Crippen LogP contribution in [0.15, 0.2) is 29.3 Å². The lowest BCUT2D eigenvalue weighted by atomic mass is 9.97. The molecule has 0 saturated heterocycles. The number of nitrogens with zero attached hydrogens (tertiary/aromatic N) is 1. The number of aliphatic hydroxyl groups excluding tert-OH is 1. The Hall–Kier alpha value is -9.12. The van der Waals surface area contributed by atoms with Gasteiger partial charge in [-0.3, -0.25) is 72.1 Å². The first-order chi connectivity index (χ1) is 47.2. The summed E-state index contributed by atoms with van der Waals surface area (Å²) in [6.07, 6.45) is -0.949. The number of hydrogen-bond donors (Lipinski definition) is 23. The number of benzene rings is 1. The number of hydrogen-bond acceptors (Lipinski definition) is 23. The number of amides is 12. The van der Waals surface area contributed by atoms with E-state index in [0.29, 0.717) is 37.0 Å². The maximum absolute atomic E-state index is 14.1. The van der Waals surface area contributed by atoms with Gasteiger partial charge in [0.25, 0.3) is 0 Å². The second-order valence-electron chi connectivity index (χ2n) is 23.2. The molecule has 0 aliphatic rings. The maximum Gasteiger partial charge on any atom is 0.326 e. The average Bonchev–Trinajstić information content (AvgIpc) is 0.861. The molecule has 38 nitrogen and oxygen atoms in total. The number of nitrogens with two attached hydrogens (primary N) is 5. The fourth-order valence-electron chi connectivity index (χ4n) is 9.15. The molecule has 0 unspecified atom stereocenters. The van der Waals surface area contributed by atoms with E-state index in [4.69, 9.17) is 28.7 Å². The van der Waals surface area contributed by atoms with Crippen molar-refractivity contribution in [3.8, 4) is 5.75 Å². The summed E-state index contributed by atoms with van der Waals surface area (Å²) in [5.74, 6) is -17.3. The molecule has 0 spiro atoms. The standard InChI is InChI=1S/C60H100N18O20S2/c1-5-31(2)48(57(95)76-41(26-47(86)87)54(92)75-39(59(97)98)12-7-9-22-62)77-45(83)29-69-51(89)36(13-10-23-66-60(64)65)72-56(94)42(30-99)71-44(82)28-68-52(90)38(18-19-46(84)85)73-53(91)37(11-6-8-21-61)74-58(96)49(32(3)79)78-55(93)40(25-33-14-16-34(80)17-15-33)70-43(81)27-67-50(88)35(63)20-24-100-4/h14-17,31-32,35-42,48-49,79-80,99H,5-13,18-30,61-63H2,1-4H3,(H,67,88)(H,68,90)(H,69,89)(H,70,81)(H,71,82)(H,72,94)(H,73,91)(H,74,96)(H,75,92)(H,76,95)(H,77,83)(H,78,93)(H,84,85)(H,86,87)(H,97,98)(H4,64,65,66)/t31-,32+,35-,36-,37-,38-,39-,40-,41-,42-,48-,49-/m0/s1. The number of thiol groups is 1. The summed E-state index contributed by atoms with van der Waals surface area (Å²) in [5, 5.41) is 77.8. The highest BCUT2D eigenvalue weighted by Gasteiger charge is 2.37. The SMILES string of the molecule is CC[C@H](C)[C@H](NC(=O)CNC(=O)[C@H](CCCN=C(N)N)NC(=O)[C@H](CS)NC(=O)CNC(=O)[C@H](CCC(=O)O)NC(=O)[C@H](CCCCN)NC(=O)[C@@H](NC(=O)[C@H](Cc1ccc(O)cc1)NC(=O)CNC(=O)[C@@H](N)CCSC)[C@@H](C)O)C(=O)N[C@@H](CC(=O)O)C(=O)N[C@@H](CCCCN)C(=O)O. The van der Waals surface area contributed by atoms with Gasteiger partial charge in [-0.15, -0.1) is 0 Å². The number of guanidine groups is 1. The van der Waals surface area contributed by atoms with Crippen molar-refractivity contribution < 1.29 is 97.5 Å². The molecule has 0 heterocycles. The first-order valence-electron chi connectivity index (χ1n) is 32.2. The highest BCUT2D eigenvalue weighted by Crippen LogP contribution is 2.14. The Morgan fingerprint density at radius 2 is 0.970 bits per heavy atom. The molecule has 0 aromatic heterocycles. The number of aliphatic hydroxyl groups is 1. The number of aliphatic carboxylic acids is 3. The number of carboxylic acid groups (broad SMARTS) is 3. The molecule has 562 valence electrons. The topological polar surface area (TPSA) is 644 Å². The molecule has 12 atom stereocenters. The van der Waals surface area contributed by atoms with Crippen molar-refractivity contribution in [2.24, 2.45) is 39.6 Å². The lowest BCUT2D eigenvalue weighted by Crippen LogP contribution is -2.61. The number of phenols is 1. The molecule has 0 aliphatic carbocycles. The van der Waals surface area contributed by atoms with Gasteiger partial charge in [-0.05, 0) is 120 Å². The Morgan fingerprint density at radius 1 is 0.520 bits per heavy atom. The van der Waals surface area contributed by atoms with Crippen LogP contribution in [-0.4, -0.2) is 244 Å². The molecule has 1 aromatic rings. The van der Waals surface area contributed by atoms with Gasteiger partial charge in [0.2, 0.25) is 70.9 Å². The van der Waals surface area contributed by atoms with Crippen molar-refractivity contribution in [3.63, 3.8) is 0 Å². The van der Waals surface area contributed by atoms with Crippen LogP contribution in [0.1, 0.15) is 110 Å². The number of phenolic OH excluding ortho intramolecular Hbond substituents is 1. The second-order valence-corrected chi connectivity index (χ2v) is 24.5. The van der Waals surface area contributed by atoms with Crippen molar-refractivity contribution in [3.05, 3.63) is 29.8 Å². The number of thioether (sulfide) groups is 1. The van der Waals surface area contributed by atoms with Crippen LogP contribution in [0, 0.1) is 5.92 Å². The molecule has 100 heavy (non-hydrogen) atoms. The first kappa shape index (κ1) is 88.9. The van der Waals surface area contributed by atoms with E-state index in [1.54, 1.807) is 13.8 Å². The lowest BCUT2D eigenvalue weighted by molar-refractivity contribution is -0.144. The summed E-state index contributed by atoms with van der Waals surface area (Å²) >= 11 is 5.62. The first-order valence-corrected chi connectivity index (χ1v) is 34.2. The number of aromatic hydroxyl groups is 1. The van der Waals surface area contributed by atoms with Crippen LogP contribution >= 0.6 is 24.4 Å². The average molecular weight is 1460 g/mol. The van der Waals surface area contributed by atoms with E-state index in [9.17, 15) is 97.5 Å². The highest BCUT2D eigenvalue weighted by molar-refractivity contribution is 7.98. The van der Waals surface area contributed by atoms with Crippen LogP contribution in [0.25, 0.3) is 0 Å².